The predicted octanol–water partition coefficient (Wildman–Crippen LogP) is 2.48. The van der Waals surface area contributed by atoms with Crippen LogP contribution < -0.4 is 15.8 Å². The molecule has 1 heterocycles. The Morgan fingerprint density at radius 2 is 2.25 bits per heavy atom. The van der Waals surface area contributed by atoms with Crippen LogP contribution in [0.2, 0.25) is 0 Å². The predicted molar refractivity (Wildman–Crippen MR) is 63.4 cm³/mol. The third kappa shape index (κ3) is 2.28. The van der Waals surface area contributed by atoms with E-state index >= 15 is 0 Å². The standard InChI is InChI=1S/C12H14N2O2/c1-15-9-4-5-12(11(13)7-9)14-8-10-3-2-6-16-10/h2-7,14H,8,13H2,1H3. The van der Waals surface area contributed by atoms with Crippen molar-refractivity contribution in [3.63, 3.8) is 0 Å². The molecule has 0 saturated carbocycles. The summed E-state index contributed by atoms with van der Waals surface area (Å²) in [5.41, 5.74) is 7.39. The lowest BCUT2D eigenvalue weighted by Gasteiger charge is -2.09. The number of methoxy groups -OCH3 is 1. The van der Waals surface area contributed by atoms with Gasteiger partial charge in [-0.05, 0) is 24.3 Å². The molecule has 0 bridgehead atoms. The van der Waals surface area contributed by atoms with Crippen LogP contribution in [-0.2, 0) is 6.54 Å². The molecule has 84 valence electrons. The summed E-state index contributed by atoms with van der Waals surface area (Å²) in [7, 11) is 1.62. The van der Waals surface area contributed by atoms with Gasteiger partial charge in [0, 0.05) is 6.07 Å². The first-order valence-corrected chi connectivity index (χ1v) is 4.99. The highest BCUT2D eigenvalue weighted by Crippen LogP contribution is 2.24. The number of nitrogen functional groups attached to an aromatic ring is 1. The fraction of sp³-hybridized carbons (Fsp3) is 0.167. The van der Waals surface area contributed by atoms with E-state index in [0.29, 0.717) is 12.2 Å². The van der Waals surface area contributed by atoms with Crippen molar-refractivity contribution in [2.45, 2.75) is 6.54 Å². The second kappa shape index (κ2) is 4.61. The first-order valence-electron chi connectivity index (χ1n) is 4.99. The van der Waals surface area contributed by atoms with Crippen molar-refractivity contribution in [3.8, 4) is 5.75 Å². The first-order chi connectivity index (χ1) is 7.79. The maximum absolute atomic E-state index is 5.86. The molecule has 4 nitrogen and oxygen atoms in total. The Balaban J connectivity index is 2.04. The molecule has 0 aliphatic carbocycles. The van der Waals surface area contributed by atoms with Crippen LogP contribution in [0.1, 0.15) is 5.76 Å². The van der Waals surface area contributed by atoms with Gasteiger partial charge < -0.3 is 20.2 Å². The van der Waals surface area contributed by atoms with Gasteiger partial charge in [-0.15, -0.1) is 0 Å². The van der Waals surface area contributed by atoms with E-state index in [1.165, 1.54) is 0 Å². The van der Waals surface area contributed by atoms with Crippen LogP contribution in [0.15, 0.2) is 41.0 Å². The second-order valence-electron chi connectivity index (χ2n) is 3.39. The topological polar surface area (TPSA) is 60.4 Å². The molecular formula is C12H14N2O2. The zero-order valence-electron chi connectivity index (χ0n) is 9.07. The summed E-state index contributed by atoms with van der Waals surface area (Å²) in [6.45, 7) is 0.615. The van der Waals surface area contributed by atoms with Gasteiger partial charge in [0.1, 0.15) is 11.5 Å². The summed E-state index contributed by atoms with van der Waals surface area (Å²) in [6, 6.07) is 9.30. The van der Waals surface area contributed by atoms with Crippen molar-refractivity contribution in [1.82, 2.24) is 0 Å². The van der Waals surface area contributed by atoms with Gasteiger partial charge in [-0.1, -0.05) is 0 Å². The van der Waals surface area contributed by atoms with Crippen molar-refractivity contribution in [1.29, 1.82) is 0 Å². The molecule has 1 aromatic carbocycles. The van der Waals surface area contributed by atoms with Crippen molar-refractivity contribution >= 4 is 11.4 Å². The van der Waals surface area contributed by atoms with Gasteiger partial charge in [0.2, 0.25) is 0 Å². The number of furan rings is 1. The van der Waals surface area contributed by atoms with Crippen LogP contribution in [-0.4, -0.2) is 7.11 Å². The van der Waals surface area contributed by atoms with Crippen molar-refractivity contribution in [3.05, 3.63) is 42.4 Å². The van der Waals surface area contributed by atoms with E-state index in [1.54, 1.807) is 19.4 Å². The van der Waals surface area contributed by atoms with E-state index in [-0.39, 0.29) is 0 Å². The summed E-state index contributed by atoms with van der Waals surface area (Å²) in [4.78, 5) is 0. The van der Waals surface area contributed by atoms with E-state index in [9.17, 15) is 0 Å². The van der Waals surface area contributed by atoms with E-state index in [0.717, 1.165) is 17.2 Å². The molecule has 2 aromatic rings. The lowest BCUT2D eigenvalue weighted by molar-refractivity contribution is 0.415. The molecule has 0 fully saturated rings. The monoisotopic (exact) mass is 218 g/mol. The molecule has 0 radical (unpaired) electrons. The average Bonchev–Trinajstić information content (AvgIpc) is 2.80. The van der Waals surface area contributed by atoms with E-state index in [1.807, 2.05) is 24.3 Å². The number of hydrogen-bond acceptors (Lipinski definition) is 4. The van der Waals surface area contributed by atoms with Crippen LogP contribution in [0.25, 0.3) is 0 Å². The number of benzene rings is 1. The summed E-state index contributed by atoms with van der Waals surface area (Å²) in [5.74, 6) is 1.62. The fourth-order valence-corrected chi connectivity index (χ4v) is 1.42. The van der Waals surface area contributed by atoms with Crippen LogP contribution in [0.5, 0.6) is 5.75 Å². The molecule has 2 rings (SSSR count). The molecule has 0 aliphatic heterocycles. The van der Waals surface area contributed by atoms with Gasteiger partial charge in [0.05, 0.1) is 31.3 Å². The lowest BCUT2D eigenvalue weighted by atomic mass is 10.2. The molecular weight excluding hydrogens is 204 g/mol. The third-order valence-corrected chi connectivity index (χ3v) is 2.29. The molecule has 0 saturated heterocycles. The smallest absolute Gasteiger partial charge is 0.122 e. The largest absolute Gasteiger partial charge is 0.497 e. The van der Waals surface area contributed by atoms with Crippen LogP contribution in [0.4, 0.5) is 11.4 Å². The Labute approximate surface area is 94.0 Å². The Morgan fingerprint density at radius 1 is 1.38 bits per heavy atom. The number of ether oxygens (including phenoxy) is 1. The second-order valence-corrected chi connectivity index (χ2v) is 3.39. The number of anilines is 2. The van der Waals surface area contributed by atoms with Gasteiger partial charge >= 0.3 is 0 Å². The highest BCUT2D eigenvalue weighted by atomic mass is 16.5. The molecule has 0 spiro atoms. The Morgan fingerprint density at radius 3 is 2.88 bits per heavy atom. The molecule has 1 aromatic heterocycles. The highest BCUT2D eigenvalue weighted by molar-refractivity contribution is 5.68. The van der Waals surface area contributed by atoms with Crippen LogP contribution in [0, 0.1) is 0 Å². The Bertz CT molecular complexity index is 452. The number of hydrogen-bond donors (Lipinski definition) is 2. The average molecular weight is 218 g/mol. The van der Waals surface area contributed by atoms with E-state index in [4.69, 9.17) is 14.9 Å². The minimum Gasteiger partial charge on any atom is -0.497 e. The zero-order chi connectivity index (χ0) is 11.4. The molecule has 4 heteroatoms. The summed E-state index contributed by atoms with van der Waals surface area (Å²) in [5, 5.41) is 3.19. The summed E-state index contributed by atoms with van der Waals surface area (Å²) >= 11 is 0. The quantitative estimate of drug-likeness (QED) is 0.774. The SMILES string of the molecule is COc1ccc(NCc2ccco2)c(N)c1. The molecule has 3 N–H and O–H groups in total. The summed E-state index contributed by atoms with van der Waals surface area (Å²) < 4.78 is 10.3. The van der Waals surface area contributed by atoms with Gasteiger partial charge in [-0.3, -0.25) is 0 Å². The normalized spacial score (nSPS) is 10.1. The van der Waals surface area contributed by atoms with Crippen LogP contribution >= 0.6 is 0 Å². The van der Waals surface area contributed by atoms with E-state index < -0.39 is 0 Å². The number of nitrogens with two attached hydrogens (primary N) is 1. The molecule has 16 heavy (non-hydrogen) atoms. The Hall–Kier alpha value is -2.10. The maximum Gasteiger partial charge on any atom is 0.122 e. The molecule has 0 amide bonds. The maximum atomic E-state index is 5.86. The lowest BCUT2D eigenvalue weighted by Crippen LogP contribution is -2.01. The van der Waals surface area contributed by atoms with Crippen molar-refractivity contribution in [2.24, 2.45) is 0 Å². The van der Waals surface area contributed by atoms with E-state index in [2.05, 4.69) is 5.32 Å². The molecule has 0 unspecified atom stereocenters. The van der Waals surface area contributed by atoms with Crippen molar-refractivity contribution < 1.29 is 9.15 Å². The molecule has 0 aliphatic rings. The minimum absolute atomic E-state index is 0.615. The van der Waals surface area contributed by atoms with Crippen LogP contribution in [0.3, 0.4) is 0 Å². The fourth-order valence-electron chi connectivity index (χ4n) is 1.42. The zero-order valence-corrected chi connectivity index (χ0v) is 9.07. The highest BCUT2D eigenvalue weighted by Gasteiger charge is 2.01. The number of rotatable bonds is 4. The first kappa shape index (κ1) is 10.4. The van der Waals surface area contributed by atoms with Gasteiger partial charge in [0.25, 0.3) is 0 Å². The van der Waals surface area contributed by atoms with Crippen molar-refractivity contribution in [2.75, 3.05) is 18.2 Å². The third-order valence-electron chi connectivity index (χ3n) is 2.29. The van der Waals surface area contributed by atoms with Gasteiger partial charge in [-0.25, -0.2) is 0 Å². The summed E-state index contributed by atoms with van der Waals surface area (Å²) in [6.07, 6.45) is 1.65. The van der Waals surface area contributed by atoms with Gasteiger partial charge in [0.15, 0.2) is 0 Å². The van der Waals surface area contributed by atoms with Gasteiger partial charge in [-0.2, -0.15) is 0 Å². The molecule has 0 atom stereocenters. The number of nitrogens with one attached hydrogen (secondary N) is 1. The Kier molecular flexibility index (Phi) is 3.00. The minimum atomic E-state index is 0.615.